The molecule has 0 radical (unpaired) electrons. The molecular weight excluding hydrogens is 188 g/mol. The maximum absolute atomic E-state index is 11.1. The second kappa shape index (κ2) is 7.42. The standard InChI is InChI=1S/C8H12N2O2S/c1-3-10(7-11)8(12)9-5-4-6-13-2/h3,7H,1-2,4-6H2/p+1. The molecule has 13 heavy (non-hydrogen) atoms. The molecule has 0 aromatic carbocycles. The van der Waals surface area contributed by atoms with Crippen molar-refractivity contribution in [3.05, 3.63) is 12.8 Å². The minimum absolute atomic E-state index is 0.415. The van der Waals surface area contributed by atoms with Crippen molar-refractivity contribution in [2.45, 2.75) is 6.42 Å². The summed E-state index contributed by atoms with van der Waals surface area (Å²) < 4.78 is 0. The van der Waals surface area contributed by atoms with Gasteiger partial charge in [-0.25, -0.2) is 9.69 Å². The maximum Gasteiger partial charge on any atom is 0.328 e. The van der Waals surface area contributed by atoms with E-state index < -0.39 is 6.03 Å². The van der Waals surface area contributed by atoms with Crippen molar-refractivity contribution in [2.24, 2.45) is 0 Å². The lowest BCUT2D eigenvalue weighted by atomic mass is 10.5. The lowest BCUT2D eigenvalue weighted by Gasteiger charge is -2.09. The highest BCUT2D eigenvalue weighted by atomic mass is 32.1. The van der Waals surface area contributed by atoms with Crippen LogP contribution in [0.4, 0.5) is 4.79 Å². The molecule has 0 aliphatic rings. The first-order valence-electron chi connectivity index (χ1n) is 3.77. The van der Waals surface area contributed by atoms with E-state index in [2.05, 4.69) is 17.8 Å². The zero-order valence-corrected chi connectivity index (χ0v) is 8.18. The molecular formula is C8H13N2O2S+. The second-order valence-corrected chi connectivity index (χ2v) is 3.01. The third kappa shape index (κ3) is 5.08. The summed E-state index contributed by atoms with van der Waals surface area (Å²) >= 11 is 1.47. The lowest BCUT2D eigenvalue weighted by molar-refractivity contribution is -0.113. The zero-order chi connectivity index (χ0) is 10.1. The van der Waals surface area contributed by atoms with Crippen molar-refractivity contribution in [2.75, 3.05) is 12.3 Å². The lowest BCUT2D eigenvalue weighted by Crippen LogP contribution is -2.36. The van der Waals surface area contributed by atoms with Crippen LogP contribution in [-0.2, 0) is 16.1 Å². The van der Waals surface area contributed by atoms with E-state index in [1.807, 2.05) is 0 Å². The van der Waals surface area contributed by atoms with Crippen LogP contribution in [0.2, 0.25) is 0 Å². The van der Waals surface area contributed by atoms with E-state index >= 15 is 0 Å². The van der Waals surface area contributed by atoms with E-state index in [-0.39, 0.29) is 0 Å². The molecule has 1 N–H and O–H groups in total. The van der Waals surface area contributed by atoms with Crippen LogP contribution in [0.25, 0.3) is 0 Å². The van der Waals surface area contributed by atoms with Crippen molar-refractivity contribution in [1.82, 2.24) is 10.2 Å². The number of imide groups is 1. The normalized spacial score (nSPS) is 8.62. The summed E-state index contributed by atoms with van der Waals surface area (Å²) in [7, 11) is 0. The number of amides is 3. The average Bonchev–Trinajstić information content (AvgIpc) is 2.14. The molecule has 0 rings (SSSR count). The summed E-state index contributed by atoms with van der Waals surface area (Å²) in [5, 5.41) is 2.56. The molecule has 0 unspecified atom stereocenters. The molecule has 0 saturated heterocycles. The number of rotatable bonds is 6. The summed E-state index contributed by atoms with van der Waals surface area (Å²) in [6, 6.07) is -0.445. The van der Waals surface area contributed by atoms with Crippen LogP contribution in [0.1, 0.15) is 6.42 Å². The Kier molecular flexibility index (Phi) is 6.72. The average molecular weight is 201 g/mol. The molecule has 0 spiro atoms. The Hall–Kier alpha value is -1.23. The highest BCUT2D eigenvalue weighted by Crippen LogP contribution is 1.85. The Balaban J connectivity index is 3.66. The third-order valence-corrected chi connectivity index (χ3v) is 1.86. The first-order chi connectivity index (χ1) is 6.26. The van der Waals surface area contributed by atoms with E-state index in [9.17, 15) is 9.59 Å². The predicted molar refractivity (Wildman–Crippen MR) is 55.5 cm³/mol. The topological polar surface area (TPSA) is 49.4 Å². The van der Waals surface area contributed by atoms with Gasteiger partial charge in [-0.2, -0.15) is 0 Å². The molecule has 0 saturated carbocycles. The van der Waals surface area contributed by atoms with E-state index in [1.165, 1.54) is 17.6 Å². The van der Waals surface area contributed by atoms with Gasteiger partial charge in [-0.3, -0.25) is 4.79 Å². The number of nitrogens with one attached hydrogen (secondary N) is 1. The Labute approximate surface area is 81.6 Å². The number of hydrogen-bond acceptors (Lipinski definition) is 2. The van der Waals surface area contributed by atoms with Crippen LogP contribution in [0.3, 0.4) is 0 Å². The summed E-state index contributed by atoms with van der Waals surface area (Å²) in [5.41, 5.74) is 0. The molecule has 0 bridgehead atoms. The molecule has 0 aromatic rings. The van der Waals surface area contributed by atoms with Gasteiger partial charge in [0.05, 0.1) is 0 Å². The SMILES string of the molecule is C=CN(C=O)C(=O)NCCC[S+]=C. The van der Waals surface area contributed by atoms with E-state index in [0.717, 1.165) is 17.1 Å². The van der Waals surface area contributed by atoms with Gasteiger partial charge in [0.25, 0.3) is 0 Å². The summed E-state index contributed by atoms with van der Waals surface area (Å²) in [6.07, 6.45) is 2.42. The molecule has 0 fully saturated rings. The largest absolute Gasteiger partial charge is 0.337 e. The molecule has 4 nitrogen and oxygen atoms in total. The second-order valence-electron chi connectivity index (χ2n) is 2.19. The van der Waals surface area contributed by atoms with Crippen molar-refractivity contribution in [3.8, 4) is 0 Å². The highest BCUT2D eigenvalue weighted by Gasteiger charge is 2.06. The molecule has 0 aliphatic heterocycles. The quantitative estimate of drug-likeness (QED) is 0.289. The van der Waals surface area contributed by atoms with Crippen LogP contribution < -0.4 is 5.32 Å². The van der Waals surface area contributed by atoms with Crippen LogP contribution in [0, 0.1) is 0 Å². The monoisotopic (exact) mass is 201 g/mol. The molecule has 0 aliphatic carbocycles. The van der Waals surface area contributed by atoms with Gasteiger partial charge in [-0.05, 0) is 0 Å². The summed E-state index contributed by atoms with van der Waals surface area (Å²) in [6.45, 7) is 3.86. The van der Waals surface area contributed by atoms with Gasteiger partial charge in [0.15, 0.2) is 23.0 Å². The first kappa shape index (κ1) is 11.8. The fourth-order valence-corrected chi connectivity index (χ4v) is 0.983. The zero-order valence-electron chi connectivity index (χ0n) is 7.36. The Bertz CT molecular complexity index is 198. The van der Waals surface area contributed by atoms with E-state index in [4.69, 9.17) is 0 Å². The van der Waals surface area contributed by atoms with Crippen LogP contribution >= 0.6 is 0 Å². The number of carbonyl (C=O) groups is 2. The van der Waals surface area contributed by atoms with Crippen molar-refractivity contribution in [1.29, 1.82) is 0 Å². The number of carbonyl (C=O) groups excluding carboxylic acids is 2. The number of nitrogens with zero attached hydrogens (tertiary/aromatic N) is 1. The minimum Gasteiger partial charge on any atom is -0.337 e. The molecule has 5 heteroatoms. The smallest absolute Gasteiger partial charge is 0.328 e. The third-order valence-electron chi connectivity index (χ3n) is 1.29. The Morgan fingerprint density at radius 1 is 1.62 bits per heavy atom. The van der Waals surface area contributed by atoms with Gasteiger partial charge >= 0.3 is 6.03 Å². The molecule has 3 amide bonds. The summed E-state index contributed by atoms with van der Waals surface area (Å²) in [5.74, 6) is 4.48. The highest BCUT2D eigenvalue weighted by molar-refractivity contribution is 7.76. The molecule has 0 atom stereocenters. The van der Waals surface area contributed by atoms with Crippen molar-refractivity contribution < 1.29 is 9.59 Å². The van der Waals surface area contributed by atoms with E-state index in [0.29, 0.717) is 13.0 Å². The fraction of sp³-hybridized carbons (Fsp3) is 0.375. The molecule has 0 aromatic heterocycles. The molecule has 0 heterocycles. The predicted octanol–water partition coefficient (Wildman–Crippen LogP) is 0.203. The molecule has 72 valence electrons. The van der Waals surface area contributed by atoms with Crippen LogP contribution in [-0.4, -0.2) is 35.5 Å². The fourth-order valence-electron chi connectivity index (χ4n) is 0.635. The first-order valence-corrected chi connectivity index (χ1v) is 4.92. The number of urea groups is 1. The van der Waals surface area contributed by atoms with Gasteiger partial charge in [0.2, 0.25) is 6.41 Å². The van der Waals surface area contributed by atoms with Gasteiger partial charge < -0.3 is 5.32 Å². The number of hydrogen-bond donors (Lipinski definition) is 1. The van der Waals surface area contributed by atoms with Gasteiger partial charge in [0, 0.05) is 19.2 Å². The van der Waals surface area contributed by atoms with Crippen LogP contribution in [0.5, 0.6) is 0 Å². The Morgan fingerprint density at radius 2 is 2.31 bits per heavy atom. The summed E-state index contributed by atoms with van der Waals surface area (Å²) in [4.78, 5) is 22.2. The van der Waals surface area contributed by atoms with Crippen molar-refractivity contribution in [3.63, 3.8) is 0 Å². The maximum atomic E-state index is 11.1. The Morgan fingerprint density at radius 3 is 2.77 bits per heavy atom. The minimum atomic E-state index is -0.445. The van der Waals surface area contributed by atoms with Crippen LogP contribution in [0.15, 0.2) is 12.8 Å². The van der Waals surface area contributed by atoms with Crippen molar-refractivity contribution >= 4 is 29.7 Å². The van der Waals surface area contributed by atoms with Gasteiger partial charge in [-0.1, -0.05) is 6.58 Å². The van der Waals surface area contributed by atoms with Gasteiger partial charge in [-0.15, -0.1) is 0 Å². The van der Waals surface area contributed by atoms with E-state index in [1.54, 1.807) is 0 Å². The van der Waals surface area contributed by atoms with Gasteiger partial charge in [0.1, 0.15) is 0 Å².